The Morgan fingerprint density at radius 1 is 1.60 bits per heavy atom. The molecule has 1 unspecified atom stereocenters. The number of nitro benzene ring substituents is 1. The number of hydrogen-bond donors (Lipinski definition) is 0. The number of rotatable bonds is 2. The molecule has 1 aromatic rings. The number of ether oxygens (including phenoxy) is 2. The van der Waals surface area contributed by atoms with Crippen LogP contribution in [0.5, 0.6) is 5.75 Å². The maximum Gasteiger partial charge on any atom is 0.352 e. The highest BCUT2D eigenvalue weighted by Gasteiger charge is 2.40. The lowest BCUT2D eigenvalue weighted by atomic mass is 10.0. The minimum absolute atomic E-state index is 0.132. The van der Waals surface area contributed by atoms with Gasteiger partial charge in [0.05, 0.1) is 17.6 Å². The third-order valence-electron chi connectivity index (χ3n) is 2.15. The van der Waals surface area contributed by atoms with Crippen LogP contribution in [0.4, 0.5) is 5.69 Å². The summed E-state index contributed by atoms with van der Waals surface area (Å²) < 4.78 is 9.49. The van der Waals surface area contributed by atoms with Gasteiger partial charge in [-0.3, -0.25) is 10.1 Å². The lowest BCUT2D eigenvalue weighted by Gasteiger charge is -2.27. The third kappa shape index (κ3) is 1.30. The fraction of sp³-hybridized carbons (Fsp3) is 0.222. The Kier molecular flexibility index (Phi) is 2.03. The van der Waals surface area contributed by atoms with E-state index in [0.717, 1.165) is 0 Å². The summed E-state index contributed by atoms with van der Waals surface area (Å²) >= 11 is 0. The number of carbonyl (C=O) groups excluding carboxylic acids is 1. The Morgan fingerprint density at radius 2 is 2.33 bits per heavy atom. The first kappa shape index (κ1) is 9.45. The summed E-state index contributed by atoms with van der Waals surface area (Å²) in [5.74, 6) is -0.402. The third-order valence-corrected chi connectivity index (χ3v) is 2.15. The Hall–Kier alpha value is -2.11. The maximum atomic E-state index is 11.1. The van der Waals surface area contributed by atoms with Crippen molar-refractivity contribution in [2.45, 2.75) is 6.10 Å². The summed E-state index contributed by atoms with van der Waals surface area (Å²) in [5, 5.41) is 10.6. The average Bonchev–Trinajstić information content (AvgIpc) is 2.18. The molecule has 2 rings (SSSR count). The highest BCUT2D eigenvalue weighted by molar-refractivity contribution is 5.82. The van der Waals surface area contributed by atoms with Crippen LogP contribution >= 0.6 is 0 Å². The summed E-state index contributed by atoms with van der Waals surface area (Å²) in [6, 6.07) is 4.44. The number of nitrogens with zero attached hydrogens (tertiary/aromatic N) is 1. The molecule has 0 aromatic heterocycles. The molecule has 0 saturated heterocycles. The predicted octanol–water partition coefficient (Wildman–Crippen LogP) is 1.20. The van der Waals surface area contributed by atoms with Gasteiger partial charge in [0.1, 0.15) is 0 Å². The predicted molar refractivity (Wildman–Crippen MR) is 48.5 cm³/mol. The van der Waals surface area contributed by atoms with Crippen LogP contribution in [0.15, 0.2) is 18.2 Å². The van der Waals surface area contributed by atoms with Crippen LogP contribution in [0.25, 0.3) is 0 Å². The fourth-order valence-electron chi connectivity index (χ4n) is 1.43. The van der Waals surface area contributed by atoms with Gasteiger partial charge in [-0.15, -0.1) is 0 Å². The Labute approximate surface area is 84.6 Å². The molecule has 1 aliphatic heterocycles. The van der Waals surface area contributed by atoms with Gasteiger partial charge in [0.2, 0.25) is 11.9 Å². The van der Waals surface area contributed by atoms with E-state index in [0.29, 0.717) is 5.56 Å². The van der Waals surface area contributed by atoms with Crippen molar-refractivity contribution in [2.75, 3.05) is 7.11 Å². The van der Waals surface area contributed by atoms with Crippen LogP contribution in [-0.4, -0.2) is 18.0 Å². The molecule has 0 fully saturated rings. The largest absolute Gasteiger partial charge is 0.466 e. The topological polar surface area (TPSA) is 78.7 Å². The summed E-state index contributed by atoms with van der Waals surface area (Å²) in [6.07, 6.45) is -0.829. The molecule has 78 valence electrons. The summed E-state index contributed by atoms with van der Waals surface area (Å²) in [7, 11) is 1.24. The van der Waals surface area contributed by atoms with Crippen LogP contribution < -0.4 is 4.74 Å². The van der Waals surface area contributed by atoms with Gasteiger partial charge in [-0.25, -0.2) is 4.79 Å². The molecule has 0 amide bonds. The van der Waals surface area contributed by atoms with Gasteiger partial charge in [0.25, 0.3) is 0 Å². The van der Waals surface area contributed by atoms with Crippen LogP contribution in [0.1, 0.15) is 11.7 Å². The number of carbonyl (C=O) groups is 1. The molecule has 15 heavy (non-hydrogen) atoms. The monoisotopic (exact) mass is 209 g/mol. The van der Waals surface area contributed by atoms with Crippen LogP contribution in [0.3, 0.4) is 0 Å². The number of para-hydroxylation sites is 1. The minimum atomic E-state index is -0.829. The second-order valence-corrected chi connectivity index (χ2v) is 2.97. The zero-order valence-electron chi connectivity index (χ0n) is 7.80. The molecule has 0 N–H and O–H groups in total. The molecule has 6 heteroatoms. The smallest absolute Gasteiger partial charge is 0.352 e. The number of esters is 1. The lowest BCUT2D eigenvalue weighted by Crippen LogP contribution is -2.28. The van der Waals surface area contributed by atoms with Crippen molar-refractivity contribution in [3.8, 4) is 5.75 Å². The highest BCUT2D eigenvalue weighted by atomic mass is 16.6. The number of benzene rings is 1. The van der Waals surface area contributed by atoms with E-state index in [1.807, 2.05) is 0 Å². The van der Waals surface area contributed by atoms with Crippen molar-refractivity contribution >= 4 is 11.7 Å². The summed E-state index contributed by atoms with van der Waals surface area (Å²) in [5.41, 5.74) is 0.365. The van der Waals surface area contributed by atoms with Crippen molar-refractivity contribution < 1.29 is 19.2 Å². The van der Waals surface area contributed by atoms with Crippen molar-refractivity contribution in [1.29, 1.82) is 0 Å². The van der Waals surface area contributed by atoms with E-state index in [2.05, 4.69) is 4.74 Å². The SMILES string of the molecule is COC(=O)C1Oc2c1cccc2[N+](=O)[O-]. The zero-order chi connectivity index (χ0) is 11.0. The van der Waals surface area contributed by atoms with Gasteiger partial charge < -0.3 is 9.47 Å². The molecule has 1 aromatic carbocycles. The molecule has 0 aliphatic carbocycles. The second kappa shape index (κ2) is 3.23. The first-order valence-electron chi connectivity index (χ1n) is 4.17. The van der Waals surface area contributed by atoms with Crippen LogP contribution in [-0.2, 0) is 9.53 Å². The van der Waals surface area contributed by atoms with Crippen LogP contribution in [0, 0.1) is 10.1 Å². The highest BCUT2D eigenvalue weighted by Crippen LogP contribution is 2.45. The minimum Gasteiger partial charge on any atom is -0.466 e. The van der Waals surface area contributed by atoms with Gasteiger partial charge in [-0.1, -0.05) is 12.1 Å². The molecular formula is C9H7NO5. The van der Waals surface area contributed by atoms with Gasteiger partial charge in [-0.05, 0) is 0 Å². The standard InChI is InChI=1S/C9H7NO5/c1-14-9(11)8-5-3-2-4-6(10(12)13)7(5)15-8/h2-4,8H,1H3. The quantitative estimate of drug-likeness (QED) is 0.415. The maximum absolute atomic E-state index is 11.1. The number of methoxy groups -OCH3 is 1. The first-order valence-corrected chi connectivity index (χ1v) is 4.17. The second-order valence-electron chi connectivity index (χ2n) is 2.97. The molecule has 0 bridgehead atoms. The van der Waals surface area contributed by atoms with E-state index in [1.54, 1.807) is 6.07 Å². The molecule has 1 atom stereocenters. The molecule has 6 nitrogen and oxygen atoms in total. The van der Waals surface area contributed by atoms with Gasteiger partial charge in [-0.2, -0.15) is 0 Å². The number of nitro groups is 1. The fourth-order valence-corrected chi connectivity index (χ4v) is 1.43. The van der Waals surface area contributed by atoms with E-state index in [9.17, 15) is 14.9 Å². The summed E-state index contributed by atoms with van der Waals surface area (Å²) in [4.78, 5) is 21.1. The molecule has 1 heterocycles. The molecule has 0 saturated carbocycles. The van der Waals surface area contributed by atoms with Gasteiger partial charge in [0, 0.05) is 6.07 Å². The van der Waals surface area contributed by atoms with E-state index in [1.165, 1.54) is 19.2 Å². The zero-order valence-corrected chi connectivity index (χ0v) is 7.80. The van der Waals surface area contributed by atoms with E-state index >= 15 is 0 Å². The van der Waals surface area contributed by atoms with Gasteiger partial charge >= 0.3 is 11.7 Å². The van der Waals surface area contributed by atoms with E-state index in [-0.39, 0.29) is 11.4 Å². The van der Waals surface area contributed by atoms with E-state index < -0.39 is 17.0 Å². The number of fused-ring (bicyclic) bond motifs is 1. The van der Waals surface area contributed by atoms with Crippen molar-refractivity contribution in [3.63, 3.8) is 0 Å². The summed E-state index contributed by atoms with van der Waals surface area (Å²) in [6.45, 7) is 0. The van der Waals surface area contributed by atoms with Crippen molar-refractivity contribution in [3.05, 3.63) is 33.9 Å². The van der Waals surface area contributed by atoms with Crippen molar-refractivity contribution in [2.24, 2.45) is 0 Å². The molecule has 0 radical (unpaired) electrons. The normalized spacial score (nSPS) is 17.0. The molecule has 1 aliphatic rings. The van der Waals surface area contributed by atoms with Crippen molar-refractivity contribution in [1.82, 2.24) is 0 Å². The van der Waals surface area contributed by atoms with E-state index in [4.69, 9.17) is 4.74 Å². The molecular weight excluding hydrogens is 202 g/mol. The average molecular weight is 209 g/mol. The Balaban J connectivity index is 2.37. The Morgan fingerprint density at radius 3 is 2.93 bits per heavy atom. The van der Waals surface area contributed by atoms with Gasteiger partial charge in [0.15, 0.2) is 0 Å². The number of hydrogen-bond acceptors (Lipinski definition) is 5. The lowest BCUT2D eigenvalue weighted by molar-refractivity contribution is -0.386. The Bertz CT molecular complexity index is 442. The van der Waals surface area contributed by atoms with Crippen LogP contribution in [0.2, 0.25) is 0 Å². The first-order chi connectivity index (χ1) is 7.15. The molecule has 0 spiro atoms.